The van der Waals surface area contributed by atoms with Gasteiger partial charge in [-0.25, -0.2) is 0 Å². The van der Waals surface area contributed by atoms with Crippen molar-refractivity contribution in [2.24, 2.45) is 5.92 Å². The minimum absolute atomic E-state index is 0.00426. The van der Waals surface area contributed by atoms with Crippen molar-refractivity contribution in [3.05, 3.63) is 34.9 Å². The standard InChI is InChI=1S/C14H14ClNO3S/c1-2-19-11(17)7-9-12(14(20)16-13(9)18)8-5-3-4-6-10(8)15/h3-6,9,12H,2,7H2,1H3,(H,16,18,20). The van der Waals surface area contributed by atoms with Crippen LogP contribution < -0.4 is 5.32 Å². The van der Waals surface area contributed by atoms with Crippen LogP contribution in [-0.2, 0) is 14.3 Å². The Kier molecular flexibility index (Phi) is 4.73. The van der Waals surface area contributed by atoms with Gasteiger partial charge in [-0.1, -0.05) is 42.0 Å². The fourth-order valence-corrected chi connectivity index (χ4v) is 2.97. The summed E-state index contributed by atoms with van der Waals surface area (Å²) in [5, 5.41) is 3.15. The highest BCUT2D eigenvalue weighted by Gasteiger charge is 2.42. The van der Waals surface area contributed by atoms with Crippen molar-refractivity contribution in [1.82, 2.24) is 5.32 Å². The number of hydrogen-bond acceptors (Lipinski definition) is 4. The third kappa shape index (κ3) is 2.99. The molecule has 20 heavy (non-hydrogen) atoms. The van der Waals surface area contributed by atoms with Crippen molar-refractivity contribution in [2.45, 2.75) is 19.3 Å². The number of halogens is 1. The van der Waals surface area contributed by atoms with E-state index in [1.807, 2.05) is 12.1 Å². The first-order valence-electron chi connectivity index (χ1n) is 6.29. The van der Waals surface area contributed by atoms with Crippen LogP contribution in [-0.4, -0.2) is 23.5 Å². The molecule has 6 heteroatoms. The van der Waals surface area contributed by atoms with Gasteiger partial charge in [0, 0.05) is 10.9 Å². The number of thiocarbonyl (C=S) groups is 1. The van der Waals surface area contributed by atoms with Gasteiger partial charge in [0.1, 0.15) is 0 Å². The number of nitrogens with one attached hydrogen (secondary N) is 1. The molecule has 0 aliphatic carbocycles. The van der Waals surface area contributed by atoms with Gasteiger partial charge < -0.3 is 10.1 Å². The second-order valence-electron chi connectivity index (χ2n) is 4.47. The molecule has 4 nitrogen and oxygen atoms in total. The first-order chi connectivity index (χ1) is 9.54. The van der Waals surface area contributed by atoms with E-state index in [0.717, 1.165) is 5.56 Å². The highest BCUT2D eigenvalue weighted by atomic mass is 35.5. The number of carbonyl (C=O) groups excluding carboxylic acids is 2. The number of hydrogen-bond donors (Lipinski definition) is 1. The highest BCUT2D eigenvalue weighted by Crippen LogP contribution is 2.36. The zero-order valence-corrected chi connectivity index (χ0v) is 12.5. The third-order valence-electron chi connectivity index (χ3n) is 3.20. The number of esters is 1. The fourth-order valence-electron chi connectivity index (χ4n) is 2.32. The van der Waals surface area contributed by atoms with Gasteiger partial charge in [-0.15, -0.1) is 0 Å². The topological polar surface area (TPSA) is 55.4 Å². The Balaban J connectivity index is 2.29. The molecule has 0 aromatic heterocycles. The second kappa shape index (κ2) is 6.33. The van der Waals surface area contributed by atoms with Crippen LogP contribution in [0.2, 0.25) is 5.02 Å². The van der Waals surface area contributed by atoms with Crippen molar-refractivity contribution in [3.63, 3.8) is 0 Å². The lowest BCUT2D eigenvalue weighted by atomic mass is 9.86. The minimum Gasteiger partial charge on any atom is -0.466 e. The minimum atomic E-state index is -0.568. The molecule has 0 spiro atoms. The summed E-state index contributed by atoms with van der Waals surface area (Å²) in [6.45, 7) is 2.01. The van der Waals surface area contributed by atoms with E-state index in [1.165, 1.54) is 0 Å². The molecule has 1 fully saturated rings. The lowest BCUT2D eigenvalue weighted by molar-refractivity contribution is -0.146. The van der Waals surface area contributed by atoms with Crippen molar-refractivity contribution < 1.29 is 14.3 Å². The van der Waals surface area contributed by atoms with Crippen molar-refractivity contribution >= 4 is 40.7 Å². The van der Waals surface area contributed by atoms with Gasteiger partial charge in [-0.3, -0.25) is 9.59 Å². The van der Waals surface area contributed by atoms with Crippen LogP contribution in [0.5, 0.6) is 0 Å². The lowest BCUT2D eigenvalue weighted by Gasteiger charge is -2.17. The Bertz CT molecular complexity index is 561. The van der Waals surface area contributed by atoms with Crippen LogP contribution in [0.1, 0.15) is 24.8 Å². The smallest absolute Gasteiger partial charge is 0.306 e. The molecular weight excluding hydrogens is 298 g/mol. The number of carbonyl (C=O) groups is 2. The fraction of sp³-hybridized carbons (Fsp3) is 0.357. The van der Waals surface area contributed by atoms with E-state index in [0.29, 0.717) is 10.0 Å². The van der Waals surface area contributed by atoms with Crippen LogP contribution in [0.15, 0.2) is 24.3 Å². The first-order valence-corrected chi connectivity index (χ1v) is 7.08. The summed E-state index contributed by atoms with van der Waals surface area (Å²) >= 11 is 11.4. The summed E-state index contributed by atoms with van der Waals surface area (Å²) in [4.78, 5) is 24.0. The quantitative estimate of drug-likeness (QED) is 0.685. The molecule has 0 bridgehead atoms. The number of rotatable bonds is 4. The largest absolute Gasteiger partial charge is 0.466 e. The molecule has 0 saturated carbocycles. The lowest BCUT2D eigenvalue weighted by Crippen LogP contribution is -2.23. The van der Waals surface area contributed by atoms with Crippen molar-refractivity contribution in [1.29, 1.82) is 0 Å². The molecule has 1 aliphatic rings. The maximum atomic E-state index is 12.0. The maximum absolute atomic E-state index is 12.0. The maximum Gasteiger partial charge on any atom is 0.306 e. The van der Waals surface area contributed by atoms with Crippen molar-refractivity contribution in [2.75, 3.05) is 6.61 Å². The van der Waals surface area contributed by atoms with Gasteiger partial charge in [0.15, 0.2) is 0 Å². The summed E-state index contributed by atoms with van der Waals surface area (Å²) in [6.07, 6.45) is -0.00426. The monoisotopic (exact) mass is 311 g/mol. The predicted octanol–water partition coefficient (Wildman–Crippen LogP) is 2.45. The molecular formula is C14H14ClNO3S. The van der Waals surface area contributed by atoms with E-state index < -0.39 is 11.9 Å². The Morgan fingerprint density at radius 2 is 2.15 bits per heavy atom. The van der Waals surface area contributed by atoms with Crippen molar-refractivity contribution in [3.8, 4) is 0 Å². The van der Waals surface area contributed by atoms with Crippen LogP contribution in [0.25, 0.3) is 0 Å². The Morgan fingerprint density at radius 3 is 2.80 bits per heavy atom. The normalized spacial score (nSPS) is 21.7. The Hall–Kier alpha value is -1.46. The van der Waals surface area contributed by atoms with E-state index in [-0.39, 0.29) is 24.9 Å². The van der Waals surface area contributed by atoms with Gasteiger partial charge >= 0.3 is 5.97 Å². The molecule has 1 aromatic rings. The van der Waals surface area contributed by atoms with Crippen LogP contribution in [0.4, 0.5) is 0 Å². The molecule has 106 valence electrons. The summed E-state index contributed by atoms with van der Waals surface area (Å²) in [6, 6.07) is 7.19. The van der Waals surface area contributed by atoms with E-state index in [4.69, 9.17) is 28.6 Å². The zero-order valence-electron chi connectivity index (χ0n) is 10.9. The van der Waals surface area contributed by atoms with Gasteiger partial charge in [0.05, 0.1) is 23.9 Å². The number of benzene rings is 1. The first kappa shape index (κ1) is 14.9. The molecule has 2 unspecified atom stereocenters. The number of amides is 1. The van der Waals surface area contributed by atoms with Gasteiger partial charge in [-0.2, -0.15) is 0 Å². The van der Waals surface area contributed by atoms with E-state index in [9.17, 15) is 9.59 Å². The second-order valence-corrected chi connectivity index (χ2v) is 5.32. The summed E-state index contributed by atoms with van der Waals surface area (Å²) in [5.74, 6) is -1.61. The molecule has 1 heterocycles. The molecule has 1 aromatic carbocycles. The van der Waals surface area contributed by atoms with Crippen LogP contribution in [0, 0.1) is 5.92 Å². The molecule has 1 aliphatic heterocycles. The van der Waals surface area contributed by atoms with E-state index in [2.05, 4.69) is 5.32 Å². The van der Waals surface area contributed by atoms with Crippen LogP contribution >= 0.6 is 23.8 Å². The van der Waals surface area contributed by atoms with Gasteiger partial charge in [0.2, 0.25) is 5.91 Å². The molecule has 0 radical (unpaired) electrons. The average Bonchev–Trinajstić information content (AvgIpc) is 2.66. The van der Waals surface area contributed by atoms with E-state index in [1.54, 1.807) is 19.1 Å². The molecule has 1 amide bonds. The summed E-state index contributed by atoms with van der Waals surface area (Å²) in [7, 11) is 0. The molecule has 1 N–H and O–H groups in total. The summed E-state index contributed by atoms with van der Waals surface area (Å²) in [5.41, 5.74) is 0.756. The van der Waals surface area contributed by atoms with E-state index >= 15 is 0 Å². The van der Waals surface area contributed by atoms with Gasteiger partial charge in [0.25, 0.3) is 0 Å². The predicted molar refractivity (Wildman–Crippen MR) is 79.7 cm³/mol. The SMILES string of the molecule is CCOC(=O)CC1C(=O)NC(=S)C1c1ccccc1Cl. The average molecular weight is 312 g/mol. The van der Waals surface area contributed by atoms with Crippen LogP contribution in [0.3, 0.4) is 0 Å². The Morgan fingerprint density at radius 1 is 1.45 bits per heavy atom. The highest BCUT2D eigenvalue weighted by molar-refractivity contribution is 7.80. The number of ether oxygens (including phenoxy) is 1. The Labute approximate surface area is 127 Å². The molecule has 2 rings (SSSR count). The zero-order chi connectivity index (χ0) is 14.7. The van der Waals surface area contributed by atoms with Gasteiger partial charge in [-0.05, 0) is 18.6 Å². The molecule has 2 atom stereocenters. The summed E-state index contributed by atoms with van der Waals surface area (Å²) < 4.78 is 4.91. The molecule has 1 saturated heterocycles. The third-order valence-corrected chi connectivity index (χ3v) is 3.90.